The highest BCUT2D eigenvalue weighted by atomic mass is 16.6. The van der Waals surface area contributed by atoms with Crippen molar-refractivity contribution in [1.29, 1.82) is 0 Å². The molecule has 0 atom stereocenters. The summed E-state index contributed by atoms with van der Waals surface area (Å²) in [5.74, 6) is 1.21. The van der Waals surface area contributed by atoms with Crippen LogP contribution in [0.5, 0.6) is 11.5 Å². The number of ether oxygens (including phenoxy) is 3. The molecule has 1 amide bonds. The summed E-state index contributed by atoms with van der Waals surface area (Å²) in [7, 11) is 5.03. The fraction of sp³-hybridized carbons (Fsp3) is 0.379. The first-order chi connectivity index (χ1) is 18.9. The van der Waals surface area contributed by atoms with Crippen LogP contribution < -0.4 is 14.4 Å². The van der Waals surface area contributed by atoms with Crippen LogP contribution in [0.15, 0.2) is 55.0 Å². The predicted molar refractivity (Wildman–Crippen MR) is 151 cm³/mol. The Balaban J connectivity index is 1.50. The molecule has 0 bridgehead atoms. The van der Waals surface area contributed by atoms with Crippen LogP contribution in [0.1, 0.15) is 20.8 Å². The molecule has 0 aliphatic carbocycles. The predicted octanol–water partition coefficient (Wildman–Crippen LogP) is 4.17. The lowest BCUT2D eigenvalue weighted by Crippen LogP contribution is -2.67. The van der Waals surface area contributed by atoms with Crippen LogP contribution >= 0.6 is 0 Å². The van der Waals surface area contributed by atoms with Crippen LogP contribution in [0.3, 0.4) is 0 Å². The van der Waals surface area contributed by atoms with Crippen molar-refractivity contribution in [3.63, 3.8) is 0 Å². The SMILES string of the molecule is COc1cc(OC)cc(N(CC2(O)CN(C(=O)OC(C)(C)C)C2)c2ccc3ncc(-c4cnn(C)c4)nc3c2)c1. The molecular formula is C29H34N6O5. The second-order valence-corrected chi connectivity index (χ2v) is 11.0. The van der Waals surface area contributed by atoms with Crippen LogP contribution in [0, 0.1) is 0 Å². The van der Waals surface area contributed by atoms with Gasteiger partial charge in [0.25, 0.3) is 0 Å². The first-order valence-electron chi connectivity index (χ1n) is 12.9. The zero-order chi connectivity index (χ0) is 28.7. The maximum atomic E-state index is 12.5. The van der Waals surface area contributed by atoms with Gasteiger partial charge in [0.2, 0.25) is 0 Å². The van der Waals surface area contributed by atoms with Gasteiger partial charge < -0.3 is 29.1 Å². The number of nitrogens with zero attached hydrogens (tertiary/aromatic N) is 6. The number of amides is 1. The van der Waals surface area contributed by atoms with Gasteiger partial charge in [0.05, 0.1) is 63.0 Å². The number of benzene rings is 2. The summed E-state index contributed by atoms with van der Waals surface area (Å²) in [6.45, 7) is 5.92. The van der Waals surface area contributed by atoms with Gasteiger partial charge in [-0.1, -0.05) is 0 Å². The molecule has 4 aromatic rings. The van der Waals surface area contributed by atoms with Crippen molar-refractivity contribution in [1.82, 2.24) is 24.6 Å². The Hall–Kier alpha value is -4.38. The standard InChI is InChI=1S/C29H34N6O5/c1-28(2,3)40-27(36)34-16-29(37,17-34)18-35(21-9-22(38-5)12-23(10-21)39-6)20-7-8-24-25(11-20)32-26(14-30-24)19-13-31-33(4)15-19/h7-15,37H,16-18H2,1-6H3. The second kappa shape index (κ2) is 10.3. The summed E-state index contributed by atoms with van der Waals surface area (Å²) in [5.41, 5.74) is 2.73. The number of methoxy groups -OCH3 is 2. The monoisotopic (exact) mass is 546 g/mol. The molecule has 1 fully saturated rings. The van der Waals surface area contributed by atoms with E-state index in [0.29, 0.717) is 22.7 Å². The second-order valence-electron chi connectivity index (χ2n) is 11.0. The Bertz CT molecular complexity index is 1520. The lowest BCUT2D eigenvalue weighted by atomic mass is 9.93. The molecular weight excluding hydrogens is 512 g/mol. The van der Waals surface area contributed by atoms with E-state index in [4.69, 9.17) is 19.2 Å². The molecule has 0 unspecified atom stereocenters. The Morgan fingerprint density at radius 3 is 2.33 bits per heavy atom. The number of rotatable bonds is 7. The van der Waals surface area contributed by atoms with Crippen LogP contribution in [-0.4, -0.2) is 80.9 Å². The van der Waals surface area contributed by atoms with Gasteiger partial charge in [-0.25, -0.2) is 9.78 Å². The Labute approximate surface area is 232 Å². The number of fused-ring (bicyclic) bond motifs is 1. The van der Waals surface area contributed by atoms with Gasteiger partial charge in [0.15, 0.2) is 0 Å². The topological polar surface area (TPSA) is 115 Å². The molecule has 210 valence electrons. The summed E-state index contributed by atoms with van der Waals surface area (Å²) < 4.78 is 18.2. The maximum Gasteiger partial charge on any atom is 0.410 e. The highest BCUT2D eigenvalue weighted by Crippen LogP contribution is 2.37. The van der Waals surface area contributed by atoms with Crippen LogP contribution in [0.25, 0.3) is 22.3 Å². The first kappa shape index (κ1) is 27.2. The quantitative estimate of drug-likeness (QED) is 0.365. The van der Waals surface area contributed by atoms with Crippen LogP contribution in [0.2, 0.25) is 0 Å². The third-order valence-corrected chi connectivity index (χ3v) is 6.56. The molecule has 11 heteroatoms. The molecule has 1 aliphatic heterocycles. The van der Waals surface area contributed by atoms with E-state index in [1.165, 1.54) is 4.90 Å². The third kappa shape index (κ3) is 5.79. The normalized spacial score (nSPS) is 14.5. The Morgan fingerprint density at radius 2 is 1.73 bits per heavy atom. The van der Waals surface area contributed by atoms with Crippen molar-refractivity contribution in [3.05, 3.63) is 55.0 Å². The number of hydrogen-bond donors (Lipinski definition) is 1. The number of aliphatic hydroxyl groups is 1. The Morgan fingerprint density at radius 1 is 1.02 bits per heavy atom. The molecule has 11 nitrogen and oxygen atoms in total. The smallest absolute Gasteiger partial charge is 0.410 e. The highest BCUT2D eigenvalue weighted by Gasteiger charge is 2.46. The maximum absolute atomic E-state index is 12.5. The van der Waals surface area contributed by atoms with Gasteiger partial charge in [-0.05, 0) is 39.0 Å². The van der Waals surface area contributed by atoms with Crippen molar-refractivity contribution in [2.24, 2.45) is 7.05 Å². The lowest BCUT2D eigenvalue weighted by Gasteiger charge is -2.48. The van der Waals surface area contributed by atoms with Gasteiger partial charge in [0, 0.05) is 48.4 Å². The summed E-state index contributed by atoms with van der Waals surface area (Å²) in [6.07, 6.45) is 4.91. The number of β-amino-alcohol motifs (C(OH)–C–C–N with tert-alkyl or cyclic N) is 1. The average Bonchev–Trinajstić information content (AvgIpc) is 3.34. The summed E-state index contributed by atoms with van der Waals surface area (Å²) in [5, 5.41) is 15.7. The number of carbonyl (C=O) groups excluding carboxylic acids is 1. The molecule has 1 saturated heterocycles. The lowest BCUT2D eigenvalue weighted by molar-refractivity contribution is -0.0916. The van der Waals surface area contributed by atoms with Gasteiger partial charge in [-0.2, -0.15) is 5.10 Å². The van der Waals surface area contributed by atoms with E-state index < -0.39 is 17.3 Å². The third-order valence-electron chi connectivity index (χ3n) is 6.56. The molecule has 2 aromatic heterocycles. The van der Waals surface area contributed by atoms with Crippen molar-refractivity contribution >= 4 is 28.5 Å². The molecule has 1 N–H and O–H groups in total. The molecule has 0 spiro atoms. The van der Waals surface area contributed by atoms with Crippen molar-refractivity contribution in [2.45, 2.75) is 32.0 Å². The van der Waals surface area contributed by atoms with Crippen molar-refractivity contribution in [2.75, 3.05) is 38.8 Å². The van der Waals surface area contributed by atoms with Crippen LogP contribution in [-0.2, 0) is 11.8 Å². The van der Waals surface area contributed by atoms with E-state index >= 15 is 0 Å². The van der Waals surface area contributed by atoms with Gasteiger partial charge >= 0.3 is 6.09 Å². The van der Waals surface area contributed by atoms with Crippen molar-refractivity contribution in [3.8, 4) is 22.8 Å². The summed E-state index contributed by atoms with van der Waals surface area (Å²) in [4.78, 5) is 25.4. The zero-order valence-electron chi connectivity index (χ0n) is 23.6. The molecule has 5 rings (SSSR count). The number of likely N-dealkylation sites (tertiary alicyclic amines) is 1. The minimum absolute atomic E-state index is 0.137. The Kier molecular flexibility index (Phi) is 7.01. The van der Waals surface area contributed by atoms with E-state index in [2.05, 4.69) is 10.1 Å². The number of hydrogen-bond acceptors (Lipinski definition) is 9. The molecule has 3 heterocycles. The number of anilines is 2. The summed E-state index contributed by atoms with van der Waals surface area (Å²) >= 11 is 0. The minimum atomic E-state index is -1.18. The highest BCUT2D eigenvalue weighted by molar-refractivity contribution is 5.83. The van der Waals surface area contributed by atoms with E-state index in [9.17, 15) is 9.90 Å². The average molecular weight is 547 g/mol. The first-order valence-corrected chi connectivity index (χ1v) is 12.9. The van der Waals surface area contributed by atoms with E-state index in [-0.39, 0.29) is 19.6 Å². The van der Waals surface area contributed by atoms with Crippen molar-refractivity contribution < 1.29 is 24.1 Å². The molecule has 0 saturated carbocycles. The van der Waals surface area contributed by atoms with E-state index in [1.54, 1.807) is 37.4 Å². The number of aromatic nitrogens is 4. The molecule has 40 heavy (non-hydrogen) atoms. The zero-order valence-corrected chi connectivity index (χ0v) is 23.6. The van der Waals surface area contributed by atoms with Gasteiger partial charge in [-0.15, -0.1) is 0 Å². The molecule has 2 aromatic carbocycles. The van der Waals surface area contributed by atoms with E-state index in [1.807, 2.05) is 69.2 Å². The van der Waals surface area contributed by atoms with Gasteiger partial charge in [0.1, 0.15) is 22.7 Å². The molecule has 1 aliphatic rings. The minimum Gasteiger partial charge on any atom is -0.497 e. The summed E-state index contributed by atoms with van der Waals surface area (Å²) in [6, 6.07) is 11.3. The number of aryl methyl sites for hydroxylation is 1. The van der Waals surface area contributed by atoms with E-state index in [0.717, 1.165) is 22.5 Å². The largest absolute Gasteiger partial charge is 0.497 e. The van der Waals surface area contributed by atoms with Gasteiger partial charge in [-0.3, -0.25) is 9.67 Å². The van der Waals surface area contributed by atoms with Crippen LogP contribution in [0.4, 0.5) is 16.2 Å². The fourth-order valence-electron chi connectivity index (χ4n) is 4.65. The number of carbonyl (C=O) groups is 1. The fourth-order valence-corrected chi connectivity index (χ4v) is 4.65. The molecule has 0 radical (unpaired) electrons.